The fourth-order valence-corrected chi connectivity index (χ4v) is 4.39. The molecule has 1 rings (SSSR count). The Morgan fingerprint density at radius 1 is 0.821 bits per heavy atom. The SMILES string of the molecule is CCCCCCCCC(Cc1ccc(C(F)(F)F)cc1)C(O)(C(C)C)C(C)C. The number of aliphatic hydroxyl groups is 1. The van der Waals surface area contributed by atoms with E-state index in [2.05, 4.69) is 6.92 Å². The molecule has 0 spiro atoms. The summed E-state index contributed by atoms with van der Waals surface area (Å²) in [5.41, 5.74) is -0.582. The van der Waals surface area contributed by atoms with Gasteiger partial charge in [-0.3, -0.25) is 0 Å². The van der Waals surface area contributed by atoms with Crippen LogP contribution in [0.5, 0.6) is 0 Å². The van der Waals surface area contributed by atoms with Crippen molar-refractivity contribution >= 4 is 0 Å². The molecule has 0 fully saturated rings. The van der Waals surface area contributed by atoms with Crippen molar-refractivity contribution in [1.29, 1.82) is 0 Å². The third-order valence-electron chi connectivity index (χ3n) is 6.17. The molecule has 28 heavy (non-hydrogen) atoms. The third-order valence-corrected chi connectivity index (χ3v) is 6.17. The molecular formula is C24H39F3O. The molecular weight excluding hydrogens is 361 g/mol. The minimum atomic E-state index is -4.31. The van der Waals surface area contributed by atoms with Crippen molar-refractivity contribution in [2.75, 3.05) is 0 Å². The van der Waals surface area contributed by atoms with E-state index in [0.717, 1.165) is 37.0 Å². The molecule has 0 aliphatic rings. The first-order valence-electron chi connectivity index (χ1n) is 10.9. The van der Waals surface area contributed by atoms with Crippen molar-refractivity contribution in [3.8, 4) is 0 Å². The van der Waals surface area contributed by atoms with E-state index in [9.17, 15) is 18.3 Å². The largest absolute Gasteiger partial charge is 0.416 e. The second kappa shape index (κ2) is 11.2. The summed E-state index contributed by atoms with van der Waals surface area (Å²) in [7, 11) is 0. The van der Waals surface area contributed by atoms with E-state index in [1.165, 1.54) is 25.7 Å². The van der Waals surface area contributed by atoms with Crippen molar-refractivity contribution in [2.45, 2.75) is 97.8 Å². The lowest BCUT2D eigenvalue weighted by Crippen LogP contribution is -2.48. The smallest absolute Gasteiger partial charge is 0.389 e. The summed E-state index contributed by atoms with van der Waals surface area (Å²) >= 11 is 0. The molecule has 0 aromatic heterocycles. The van der Waals surface area contributed by atoms with Gasteiger partial charge in [0.05, 0.1) is 11.2 Å². The number of unbranched alkanes of at least 4 members (excludes halogenated alkanes) is 5. The molecule has 0 radical (unpaired) electrons. The number of benzene rings is 1. The molecule has 1 N–H and O–H groups in total. The summed E-state index contributed by atoms with van der Waals surface area (Å²) < 4.78 is 38.5. The summed E-state index contributed by atoms with van der Waals surface area (Å²) in [6, 6.07) is 5.44. The Bertz CT molecular complexity index is 538. The highest BCUT2D eigenvalue weighted by atomic mass is 19.4. The van der Waals surface area contributed by atoms with Crippen LogP contribution in [0, 0.1) is 17.8 Å². The number of halogens is 3. The highest BCUT2D eigenvalue weighted by Crippen LogP contribution is 2.39. The van der Waals surface area contributed by atoms with E-state index >= 15 is 0 Å². The molecule has 162 valence electrons. The van der Waals surface area contributed by atoms with Crippen LogP contribution in [0.3, 0.4) is 0 Å². The molecule has 0 saturated heterocycles. The second-order valence-electron chi connectivity index (χ2n) is 8.85. The standard InChI is InChI=1S/C24H39F3O/c1-6-7-8-9-10-11-12-22(23(28,18(2)3)19(4)5)17-20-13-15-21(16-14-20)24(25,26)27/h13-16,18-19,22,28H,6-12,17H2,1-5H3. The van der Waals surface area contributed by atoms with Crippen LogP contribution in [0.1, 0.15) is 90.7 Å². The first-order chi connectivity index (χ1) is 13.0. The van der Waals surface area contributed by atoms with Crippen LogP contribution in [0.25, 0.3) is 0 Å². The fraction of sp³-hybridized carbons (Fsp3) is 0.750. The van der Waals surface area contributed by atoms with Gasteiger partial charge in [-0.05, 0) is 48.3 Å². The molecule has 0 bridgehead atoms. The molecule has 1 aromatic carbocycles. The molecule has 1 unspecified atom stereocenters. The number of hydrogen-bond acceptors (Lipinski definition) is 1. The molecule has 0 saturated carbocycles. The van der Waals surface area contributed by atoms with Crippen LogP contribution in [0.4, 0.5) is 13.2 Å². The second-order valence-corrected chi connectivity index (χ2v) is 8.85. The van der Waals surface area contributed by atoms with Gasteiger partial charge in [-0.2, -0.15) is 13.2 Å². The van der Waals surface area contributed by atoms with Gasteiger partial charge in [-0.1, -0.05) is 85.3 Å². The average molecular weight is 401 g/mol. The van der Waals surface area contributed by atoms with Crippen LogP contribution >= 0.6 is 0 Å². The van der Waals surface area contributed by atoms with Crippen LogP contribution in [-0.4, -0.2) is 10.7 Å². The Kier molecular flexibility index (Phi) is 10.0. The summed E-state index contributed by atoms with van der Waals surface area (Å²) in [5.74, 6) is 0.217. The van der Waals surface area contributed by atoms with Crippen molar-refractivity contribution in [2.24, 2.45) is 17.8 Å². The molecule has 0 aliphatic carbocycles. The summed E-state index contributed by atoms with van der Waals surface area (Å²) in [6.07, 6.45) is 4.34. The Morgan fingerprint density at radius 2 is 1.32 bits per heavy atom. The monoisotopic (exact) mass is 400 g/mol. The highest BCUT2D eigenvalue weighted by Gasteiger charge is 2.42. The van der Waals surface area contributed by atoms with Crippen molar-refractivity contribution < 1.29 is 18.3 Å². The Morgan fingerprint density at radius 3 is 1.79 bits per heavy atom. The lowest BCUT2D eigenvalue weighted by Gasteiger charge is -2.43. The topological polar surface area (TPSA) is 20.2 Å². The van der Waals surface area contributed by atoms with Gasteiger partial charge in [0.15, 0.2) is 0 Å². The predicted molar refractivity (Wildman–Crippen MR) is 111 cm³/mol. The van der Waals surface area contributed by atoms with Gasteiger partial charge in [-0.25, -0.2) is 0 Å². The zero-order chi connectivity index (χ0) is 21.4. The molecule has 1 nitrogen and oxygen atoms in total. The Balaban J connectivity index is 2.90. The Hall–Kier alpha value is -1.03. The van der Waals surface area contributed by atoms with Crippen LogP contribution in [0.2, 0.25) is 0 Å². The highest BCUT2D eigenvalue weighted by molar-refractivity contribution is 5.25. The summed E-state index contributed by atoms with van der Waals surface area (Å²) in [6.45, 7) is 10.4. The number of alkyl halides is 3. The quantitative estimate of drug-likeness (QED) is 0.357. The third kappa shape index (κ3) is 7.09. The van der Waals surface area contributed by atoms with E-state index in [1.807, 2.05) is 27.7 Å². The average Bonchev–Trinajstić information content (AvgIpc) is 2.62. The maximum atomic E-state index is 12.8. The van der Waals surface area contributed by atoms with Crippen LogP contribution in [-0.2, 0) is 12.6 Å². The van der Waals surface area contributed by atoms with Crippen molar-refractivity contribution in [3.05, 3.63) is 35.4 Å². The summed E-state index contributed by atoms with van der Waals surface area (Å²) in [4.78, 5) is 0. The molecule has 1 atom stereocenters. The lowest BCUT2D eigenvalue weighted by atomic mass is 9.67. The molecule has 0 heterocycles. The number of hydrogen-bond donors (Lipinski definition) is 1. The maximum absolute atomic E-state index is 12.8. The molecule has 1 aromatic rings. The number of rotatable bonds is 12. The van der Waals surface area contributed by atoms with Crippen molar-refractivity contribution in [3.63, 3.8) is 0 Å². The van der Waals surface area contributed by atoms with Gasteiger partial charge in [0.2, 0.25) is 0 Å². The van der Waals surface area contributed by atoms with E-state index in [1.54, 1.807) is 12.1 Å². The molecule has 0 amide bonds. The minimum absolute atomic E-state index is 0.0374. The molecule has 0 aliphatic heterocycles. The van der Waals surface area contributed by atoms with Gasteiger partial charge in [0.1, 0.15) is 0 Å². The first-order valence-corrected chi connectivity index (χ1v) is 10.9. The predicted octanol–water partition coefficient (Wildman–Crippen LogP) is 7.66. The lowest BCUT2D eigenvalue weighted by molar-refractivity contribution is -0.137. The first kappa shape index (κ1) is 25.0. The molecule has 4 heteroatoms. The van der Waals surface area contributed by atoms with Gasteiger partial charge in [-0.15, -0.1) is 0 Å². The minimum Gasteiger partial charge on any atom is -0.389 e. The maximum Gasteiger partial charge on any atom is 0.416 e. The Labute approximate surface area is 169 Å². The van der Waals surface area contributed by atoms with Gasteiger partial charge in [0, 0.05) is 0 Å². The van der Waals surface area contributed by atoms with Gasteiger partial charge < -0.3 is 5.11 Å². The van der Waals surface area contributed by atoms with Crippen molar-refractivity contribution in [1.82, 2.24) is 0 Å². The normalized spacial score (nSPS) is 14.1. The van der Waals surface area contributed by atoms with Gasteiger partial charge in [0.25, 0.3) is 0 Å². The van der Waals surface area contributed by atoms with E-state index in [4.69, 9.17) is 0 Å². The zero-order valence-electron chi connectivity index (χ0n) is 18.3. The van der Waals surface area contributed by atoms with Gasteiger partial charge >= 0.3 is 6.18 Å². The van der Waals surface area contributed by atoms with Crippen LogP contribution in [0.15, 0.2) is 24.3 Å². The van der Waals surface area contributed by atoms with Crippen LogP contribution < -0.4 is 0 Å². The van der Waals surface area contributed by atoms with E-state index in [0.29, 0.717) is 6.42 Å². The van der Waals surface area contributed by atoms with E-state index < -0.39 is 17.3 Å². The van der Waals surface area contributed by atoms with E-state index in [-0.39, 0.29) is 17.8 Å². The zero-order valence-corrected chi connectivity index (χ0v) is 18.3. The fourth-order valence-electron chi connectivity index (χ4n) is 4.39. The summed E-state index contributed by atoms with van der Waals surface area (Å²) in [5, 5.41) is 11.5.